The van der Waals surface area contributed by atoms with Crippen molar-refractivity contribution < 1.29 is 14.3 Å². The van der Waals surface area contributed by atoms with E-state index in [-0.39, 0.29) is 23.9 Å². The molecule has 1 aliphatic rings. The van der Waals surface area contributed by atoms with Crippen molar-refractivity contribution >= 4 is 5.91 Å². The first-order valence-corrected chi connectivity index (χ1v) is 11.8. The van der Waals surface area contributed by atoms with E-state index >= 15 is 0 Å². The Balaban J connectivity index is 1.40. The molecule has 3 aromatic rings. The van der Waals surface area contributed by atoms with Crippen molar-refractivity contribution in [3.05, 3.63) is 88.9 Å². The summed E-state index contributed by atoms with van der Waals surface area (Å²) in [5.74, 6) is -0.325. The van der Waals surface area contributed by atoms with Gasteiger partial charge in [0.25, 0.3) is 5.91 Å². The SMILES string of the molecule is CC(O)CN(C)Cc1ccc2c(c1)CCC(N(C)C(=O)c1ccc(-c3ccc(F)cc3)nc1)C2. The lowest BCUT2D eigenvalue weighted by Crippen LogP contribution is -2.40. The number of aliphatic hydroxyl groups excluding tert-OH is 1. The van der Waals surface area contributed by atoms with E-state index in [1.54, 1.807) is 37.4 Å². The summed E-state index contributed by atoms with van der Waals surface area (Å²) >= 11 is 0. The number of fused-ring (bicyclic) bond motifs is 1. The number of aryl methyl sites for hydroxylation is 1. The fourth-order valence-corrected chi connectivity index (χ4v) is 4.73. The van der Waals surface area contributed by atoms with E-state index in [1.165, 1.54) is 28.8 Å². The molecular formula is C28H32FN3O2. The maximum Gasteiger partial charge on any atom is 0.255 e. The molecule has 2 unspecified atom stereocenters. The largest absolute Gasteiger partial charge is 0.392 e. The second kappa shape index (κ2) is 10.5. The molecule has 34 heavy (non-hydrogen) atoms. The fourth-order valence-electron chi connectivity index (χ4n) is 4.73. The fraction of sp³-hybridized carbons (Fsp3) is 0.357. The monoisotopic (exact) mass is 461 g/mol. The number of rotatable bonds is 7. The summed E-state index contributed by atoms with van der Waals surface area (Å²) in [5.41, 5.74) is 5.97. The van der Waals surface area contributed by atoms with E-state index in [0.717, 1.165) is 31.4 Å². The van der Waals surface area contributed by atoms with Crippen LogP contribution < -0.4 is 0 Å². The summed E-state index contributed by atoms with van der Waals surface area (Å²) in [4.78, 5) is 21.5. The van der Waals surface area contributed by atoms with Crippen LogP contribution in [-0.2, 0) is 19.4 Å². The topological polar surface area (TPSA) is 56.7 Å². The summed E-state index contributed by atoms with van der Waals surface area (Å²) in [6.45, 7) is 3.25. The summed E-state index contributed by atoms with van der Waals surface area (Å²) < 4.78 is 13.2. The first-order valence-electron chi connectivity index (χ1n) is 11.8. The molecular weight excluding hydrogens is 429 g/mol. The van der Waals surface area contributed by atoms with E-state index < -0.39 is 0 Å². The van der Waals surface area contributed by atoms with E-state index in [9.17, 15) is 14.3 Å². The maximum atomic E-state index is 13.2. The van der Waals surface area contributed by atoms with Crippen LogP contribution in [0.1, 0.15) is 40.4 Å². The molecule has 4 rings (SSSR count). The number of hydrogen-bond acceptors (Lipinski definition) is 4. The third-order valence-corrected chi connectivity index (χ3v) is 6.52. The normalized spacial score (nSPS) is 16.2. The minimum atomic E-state index is -0.342. The smallest absolute Gasteiger partial charge is 0.255 e. The van der Waals surface area contributed by atoms with Crippen molar-refractivity contribution in [2.24, 2.45) is 0 Å². The van der Waals surface area contributed by atoms with Crippen LogP contribution >= 0.6 is 0 Å². The molecule has 0 fully saturated rings. The van der Waals surface area contributed by atoms with Crippen LogP contribution in [0.5, 0.6) is 0 Å². The number of aliphatic hydroxyl groups is 1. The molecule has 0 spiro atoms. The number of likely N-dealkylation sites (N-methyl/N-ethyl adjacent to an activating group) is 2. The summed E-state index contributed by atoms with van der Waals surface area (Å²) in [7, 11) is 3.88. The molecule has 0 saturated carbocycles. The van der Waals surface area contributed by atoms with E-state index in [4.69, 9.17) is 0 Å². The number of aromatic nitrogens is 1. The van der Waals surface area contributed by atoms with Crippen molar-refractivity contribution in [3.63, 3.8) is 0 Å². The standard InChI is InChI=1S/C28H32FN3O2/c1-19(33)17-31(2)18-20-4-5-23-15-26(12-8-22(23)14-20)32(3)28(34)24-9-13-27(30-16-24)21-6-10-25(29)11-7-21/h4-7,9-11,13-14,16,19,26,33H,8,12,15,17-18H2,1-3H3. The highest BCUT2D eigenvalue weighted by molar-refractivity contribution is 5.94. The van der Waals surface area contributed by atoms with Gasteiger partial charge in [0.2, 0.25) is 0 Å². The van der Waals surface area contributed by atoms with Gasteiger partial charge in [-0.3, -0.25) is 14.7 Å². The van der Waals surface area contributed by atoms with Crippen molar-refractivity contribution in [2.45, 2.75) is 44.9 Å². The second-order valence-corrected chi connectivity index (χ2v) is 9.40. The Labute approximate surface area is 200 Å². The number of hydrogen-bond donors (Lipinski definition) is 1. The van der Waals surface area contributed by atoms with Crippen molar-refractivity contribution in [1.82, 2.24) is 14.8 Å². The molecule has 178 valence electrons. The molecule has 0 radical (unpaired) electrons. The first-order chi connectivity index (χ1) is 16.3. The number of nitrogens with zero attached hydrogens (tertiary/aromatic N) is 3. The van der Waals surface area contributed by atoms with E-state index in [2.05, 4.69) is 28.1 Å². The van der Waals surface area contributed by atoms with Gasteiger partial charge in [-0.15, -0.1) is 0 Å². The predicted octanol–water partition coefficient (Wildman–Crippen LogP) is 4.33. The zero-order valence-corrected chi connectivity index (χ0v) is 20.0. The van der Waals surface area contributed by atoms with Gasteiger partial charge in [-0.25, -0.2) is 4.39 Å². The Bertz CT molecular complexity index is 1130. The number of carbonyl (C=O) groups is 1. The highest BCUT2D eigenvalue weighted by Gasteiger charge is 2.26. The van der Waals surface area contributed by atoms with Gasteiger partial charge in [-0.1, -0.05) is 18.2 Å². The number of pyridine rings is 1. The molecule has 5 nitrogen and oxygen atoms in total. The Kier molecular flexibility index (Phi) is 7.39. The second-order valence-electron chi connectivity index (χ2n) is 9.40. The maximum absolute atomic E-state index is 13.2. The number of benzene rings is 2. The van der Waals surface area contributed by atoms with Crippen LogP contribution in [0.2, 0.25) is 0 Å². The number of amides is 1. The lowest BCUT2D eigenvalue weighted by atomic mass is 9.86. The molecule has 2 atom stereocenters. The third-order valence-electron chi connectivity index (χ3n) is 6.52. The van der Waals surface area contributed by atoms with Crippen LogP contribution in [-0.4, -0.2) is 58.6 Å². The van der Waals surface area contributed by atoms with Gasteiger partial charge < -0.3 is 10.0 Å². The molecule has 1 heterocycles. The summed E-state index contributed by atoms with van der Waals surface area (Å²) in [6, 6.07) is 16.5. The van der Waals surface area contributed by atoms with Crippen molar-refractivity contribution in [3.8, 4) is 11.3 Å². The Morgan fingerprint density at radius 2 is 1.88 bits per heavy atom. The van der Waals surface area contributed by atoms with Gasteiger partial charge in [-0.2, -0.15) is 0 Å². The molecule has 1 aromatic heterocycles. The number of carbonyl (C=O) groups excluding carboxylic acids is 1. The zero-order valence-electron chi connectivity index (χ0n) is 20.0. The van der Waals surface area contributed by atoms with Gasteiger partial charge in [0.1, 0.15) is 5.82 Å². The average molecular weight is 462 g/mol. The Hall–Kier alpha value is -3.09. The zero-order chi connectivity index (χ0) is 24.2. The van der Waals surface area contributed by atoms with Crippen molar-refractivity contribution in [2.75, 3.05) is 20.6 Å². The summed E-state index contributed by atoms with van der Waals surface area (Å²) in [5, 5.41) is 9.59. The van der Waals surface area contributed by atoms with Crippen molar-refractivity contribution in [1.29, 1.82) is 0 Å². The Morgan fingerprint density at radius 3 is 2.56 bits per heavy atom. The molecule has 1 amide bonds. The van der Waals surface area contributed by atoms with Gasteiger partial charge in [0.05, 0.1) is 17.4 Å². The molecule has 1 aliphatic carbocycles. The van der Waals surface area contributed by atoms with Gasteiger partial charge in [-0.05, 0) is 86.3 Å². The highest BCUT2D eigenvalue weighted by Crippen LogP contribution is 2.27. The Morgan fingerprint density at radius 1 is 1.12 bits per heavy atom. The lowest BCUT2D eigenvalue weighted by Gasteiger charge is -2.33. The number of halogens is 1. The molecule has 0 saturated heterocycles. The minimum Gasteiger partial charge on any atom is -0.392 e. The van der Waals surface area contributed by atoms with Crippen LogP contribution in [0, 0.1) is 5.82 Å². The molecule has 2 aromatic carbocycles. The van der Waals surface area contributed by atoms with Gasteiger partial charge in [0, 0.05) is 37.9 Å². The third kappa shape index (κ3) is 5.69. The predicted molar refractivity (Wildman–Crippen MR) is 132 cm³/mol. The molecule has 0 bridgehead atoms. The lowest BCUT2D eigenvalue weighted by molar-refractivity contribution is 0.0718. The summed E-state index contributed by atoms with van der Waals surface area (Å²) in [6.07, 6.45) is 3.95. The highest BCUT2D eigenvalue weighted by atomic mass is 19.1. The van der Waals surface area contributed by atoms with Gasteiger partial charge >= 0.3 is 0 Å². The molecule has 1 N–H and O–H groups in total. The van der Waals surface area contributed by atoms with Crippen LogP contribution in [0.25, 0.3) is 11.3 Å². The molecule has 0 aliphatic heterocycles. The van der Waals surface area contributed by atoms with Gasteiger partial charge in [0.15, 0.2) is 0 Å². The van der Waals surface area contributed by atoms with Crippen LogP contribution in [0.3, 0.4) is 0 Å². The quantitative estimate of drug-likeness (QED) is 0.569. The first kappa shape index (κ1) is 24.0. The van der Waals surface area contributed by atoms with E-state index in [1.807, 2.05) is 19.0 Å². The minimum absolute atomic E-state index is 0.0389. The van der Waals surface area contributed by atoms with E-state index in [0.29, 0.717) is 17.8 Å². The average Bonchev–Trinajstić information content (AvgIpc) is 2.83. The molecule has 6 heteroatoms. The van der Waals surface area contributed by atoms with Crippen LogP contribution in [0.15, 0.2) is 60.8 Å². The van der Waals surface area contributed by atoms with Crippen LogP contribution in [0.4, 0.5) is 4.39 Å².